The van der Waals surface area contributed by atoms with E-state index < -0.39 is 0 Å². The summed E-state index contributed by atoms with van der Waals surface area (Å²) < 4.78 is 5.69. The number of carbonyl (C=O) groups excluding carboxylic acids is 1. The Balaban J connectivity index is 1.68. The summed E-state index contributed by atoms with van der Waals surface area (Å²) in [6, 6.07) is 14.2. The van der Waals surface area contributed by atoms with Crippen LogP contribution in [0.3, 0.4) is 0 Å². The molecule has 1 N–H and O–H groups in total. The standard InChI is InChI=1S/C17H12ClN3O2/c18-14-3-1-2-4-16(14)23-13-7-5-12(6-8-13)21-17(22)15-11-19-9-10-20-15/h1-11H,(H,21,22). The van der Waals surface area contributed by atoms with Crippen molar-refractivity contribution in [2.45, 2.75) is 0 Å². The molecular weight excluding hydrogens is 314 g/mol. The molecule has 0 aliphatic heterocycles. The zero-order chi connectivity index (χ0) is 16.1. The van der Waals surface area contributed by atoms with Crippen LogP contribution in [0.25, 0.3) is 0 Å². The summed E-state index contributed by atoms with van der Waals surface area (Å²) in [6.45, 7) is 0. The molecule has 0 atom stereocenters. The highest BCUT2D eigenvalue weighted by Gasteiger charge is 2.07. The second kappa shape index (κ2) is 6.89. The third kappa shape index (κ3) is 3.84. The smallest absolute Gasteiger partial charge is 0.275 e. The summed E-state index contributed by atoms with van der Waals surface area (Å²) in [5.41, 5.74) is 0.885. The predicted octanol–water partition coefficient (Wildman–Crippen LogP) is 4.17. The number of anilines is 1. The van der Waals surface area contributed by atoms with Gasteiger partial charge in [0.15, 0.2) is 0 Å². The lowest BCUT2D eigenvalue weighted by atomic mass is 10.3. The van der Waals surface area contributed by atoms with Crippen LogP contribution >= 0.6 is 11.6 Å². The van der Waals surface area contributed by atoms with E-state index in [9.17, 15) is 4.79 Å². The van der Waals surface area contributed by atoms with Crippen molar-refractivity contribution >= 4 is 23.2 Å². The Labute approximate surface area is 137 Å². The molecule has 0 saturated heterocycles. The molecule has 0 spiro atoms. The second-order valence-corrected chi connectivity index (χ2v) is 5.01. The molecule has 3 rings (SSSR count). The van der Waals surface area contributed by atoms with Gasteiger partial charge in [0, 0.05) is 18.1 Å². The van der Waals surface area contributed by atoms with E-state index in [-0.39, 0.29) is 11.6 Å². The Morgan fingerprint density at radius 2 is 1.83 bits per heavy atom. The summed E-state index contributed by atoms with van der Waals surface area (Å²) in [7, 11) is 0. The highest BCUT2D eigenvalue weighted by molar-refractivity contribution is 6.32. The Morgan fingerprint density at radius 3 is 2.52 bits per heavy atom. The Kier molecular flexibility index (Phi) is 4.49. The molecule has 0 aliphatic carbocycles. The van der Waals surface area contributed by atoms with E-state index >= 15 is 0 Å². The first kappa shape index (κ1) is 15.0. The van der Waals surface area contributed by atoms with Crippen molar-refractivity contribution in [2.24, 2.45) is 0 Å². The maximum Gasteiger partial charge on any atom is 0.275 e. The Hall–Kier alpha value is -2.92. The molecule has 0 fully saturated rings. The molecule has 0 saturated carbocycles. The van der Waals surface area contributed by atoms with Gasteiger partial charge in [0.25, 0.3) is 5.91 Å². The number of amides is 1. The molecule has 3 aromatic rings. The molecule has 6 heteroatoms. The third-order valence-corrected chi connectivity index (χ3v) is 3.28. The van der Waals surface area contributed by atoms with Crippen molar-refractivity contribution in [1.82, 2.24) is 9.97 Å². The van der Waals surface area contributed by atoms with Gasteiger partial charge in [-0.2, -0.15) is 0 Å². The molecule has 1 aromatic heterocycles. The number of para-hydroxylation sites is 1. The van der Waals surface area contributed by atoms with Gasteiger partial charge < -0.3 is 10.1 Å². The molecule has 1 heterocycles. The maximum atomic E-state index is 12.0. The number of aromatic nitrogens is 2. The zero-order valence-electron chi connectivity index (χ0n) is 11.9. The fourth-order valence-electron chi connectivity index (χ4n) is 1.87. The lowest BCUT2D eigenvalue weighted by Crippen LogP contribution is -2.13. The van der Waals surface area contributed by atoms with Crippen LogP contribution in [-0.2, 0) is 0 Å². The Morgan fingerprint density at radius 1 is 1.04 bits per heavy atom. The first-order valence-electron chi connectivity index (χ1n) is 6.82. The summed E-state index contributed by atoms with van der Waals surface area (Å²) >= 11 is 6.05. The lowest BCUT2D eigenvalue weighted by Gasteiger charge is -2.09. The molecule has 0 bridgehead atoms. The third-order valence-electron chi connectivity index (χ3n) is 2.97. The van der Waals surface area contributed by atoms with E-state index in [1.807, 2.05) is 12.1 Å². The van der Waals surface area contributed by atoms with Crippen LogP contribution in [0.5, 0.6) is 11.5 Å². The number of nitrogens with one attached hydrogen (secondary N) is 1. The quantitative estimate of drug-likeness (QED) is 0.781. The molecule has 0 aliphatic rings. The number of ether oxygens (including phenoxy) is 1. The molecular formula is C17H12ClN3O2. The van der Waals surface area contributed by atoms with Crippen LogP contribution in [0.15, 0.2) is 67.1 Å². The summed E-state index contributed by atoms with van der Waals surface area (Å²) in [6.07, 6.45) is 4.39. The minimum absolute atomic E-state index is 0.254. The highest BCUT2D eigenvalue weighted by Crippen LogP contribution is 2.29. The van der Waals surface area contributed by atoms with E-state index in [1.165, 1.54) is 18.6 Å². The molecule has 5 nitrogen and oxygen atoms in total. The summed E-state index contributed by atoms with van der Waals surface area (Å²) in [5, 5.41) is 3.27. The van der Waals surface area contributed by atoms with Crippen LogP contribution in [-0.4, -0.2) is 15.9 Å². The van der Waals surface area contributed by atoms with Gasteiger partial charge in [-0.1, -0.05) is 23.7 Å². The van der Waals surface area contributed by atoms with Gasteiger partial charge in [0.05, 0.1) is 11.2 Å². The van der Waals surface area contributed by atoms with E-state index in [0.29, 0.717) is 22.2 Å². The molecule has 0 radical (unpaired) electrons. The van der Waals surface area contributed by atoms with Gasteiger partial charge in [0.1, 0.15) is 17.2 Å². The van der Waals surface area contributed by atoms with E-state index in [2.05, 4.69) is 15.3 Å². The minimum Gasteiger partial charge on any atom is -0.456 e. The molecule has 2 aromatic carbocycles. The number of hydrogen-bond donors (Lipinski definition) is 1. The van der Waals surface area contributed by atoms with Gasteiger partial charge in [-0.05, 0) is 36.4 Å². The largest absolute Gasteiger partial charge is 0.456 e. The van der Waals surface area contributed by atoms with Crippen LogP contribution in [0.1, 0.15) is 10.5 Å². The van der Waals surface area contributed by atoms with Crippen molar-refractivity contribution in [3.63, 3.8) is 0 Å². The van der Waals surface area contributed by atoms with Gasteiger partial charge in [-0.15, -0.1) is 0 Å². The van der Waals surface area contributed by atoms with Gasteiger partial charge in [0.2, 0.25) is 0 Å². The van der Waals surface area contributed by atoms with Crippen molar-refractivity contribution in [1.29, 1.82) is 0 Å². The number of benzene rings is 2. The van der Waals surface area contributed by atoms with Crippen LogP contribution in [0, 0.1) is 0 Å². The van der Waals surface area contributed by atoms with E-state index in [0.717, 1.165) is 0 Å². The van der Waals surface area contributed by atoms with Gasteiger partial charge in [-0.25, -0.2) is 4.98 Å². The van der Waals surface area contributed by atoms with Crippen molar-refractivity contribution < 1.29 is 9.53 Å². The van der Waals surface area contributed by atoms with Crippen LogP contribution < -0.4 is 10.1 Å². The normalized spacial score (nSPS) is 10.1. The monoisotopic (exact) mass is 325 g/mol. The molecule has 23 heavy (non-hydrogen) atoms. The average molecular weight is 326 g/mol. The summed E-state index contributed by atoms with van der Waals surface area (Å²) in [5.74, 6) is 0.874. The SMILES string of the molecule is O=C(Nc1ccc(Oc2ccccc2Cl)cc1)c1cnccn1. The molecule has 0 unspecified atom stereocenters. The van der Waals surface area contributed by atoms with Crippen molar-refractivity contribution in [2.75, 3.05) is 5.32 Å². The van der Waals surface area contributed by atoms with E-state index in [1.54, 1.807) is 36.4 Å². The highest BCUT2D eigenvalue weighted by atomic mass is 35.5. The number of rotatable bonds is 4. The molecule has 1 amide bonds. The van der Waals surface area contributed by atoms with Gasteiger partial charge >= 0.3 is 0 Å². The van der Waals surface area contributed by atoms with Gasteiger partial charge in [-0.3, -0.25) is 9.78 Å². The maximum absolute atomic E-state index is 12.0. The number of carbonyl (C=O) groups is 1. The fraction of sp³-hybridized carbons (Fsp3) is 0. The lowest BCUT2D eigenvalue weighted by molar-refractivity contribution is 0.102. The van der Waals surface area contributed by atoms with Crippen LogP contribution in [0.2, 0.25) is 5.02 Å². The second-order valence-electron chi connectivity index (χ2n) is 4.60. The Bertz CT molecular complexity index is 808. The number of nitrogens with zero attached hydrogens (tertiary/aromatic N) is 2. The number of hydrogen-bond acceptors (Lipinski definition) is 4. The average Bonchev–Trinajstić information content (AvgIpc) is 2.59. The topological polar surface area (TPSA) is 64.1 Å². The summed E-state index contributed by atoms with van der Waals surface area (Å²) in [4.78, 5) is 19.8. The zero-order valence-corrected chi connectivity index (χ0v) is 12.7. The van der Waals surface area contributed by atoms with Crippen molar-refractivity contribution in [3.05, 3.63) is 77.8 Å². The number of halogens is 1. The molecule has 114 valence electrons. The minimum atomic E-state index is -0.321. The first-order valence-corrected chi connectivity index (χ1v) is 7.20. The van der Waals surface area contributed by atoms with Crippen LogP contribution in [0.4, 0.5) is 5.69 Å². The van der Waals surface area contributed by atoms with Crippen molar-refractivity contribution in [3.8, 4) is 11.5 Å². The fourth-order valence-corrected chi connectivity index (χ4v) is 2.05. The first-order chi connectivity index (χ1) is 11.2. The predicted molar refractivity (Wildman–Crippen MR) is 88.0 cm³/mol. The van der Waals surface area contributed by atoms with E-state index in [4.69, 9.17) is 16.3 Å².